The van der Waals surface area contributed by atoms with Crippen molar-refractivity contribution in [2.45, 2.75) is 50.2 Å². The highest BCUT2D eigenvalue weighted by atomic mass is 32.2. The predicted molar refractivity (Wildman–Crippen MR) is 98.0 cm³/mol. The molecule has 0 spiro atoms. The molecule has 7 nitrogen and oxygen atoms in total. The first-order valence-electron chi connectivity index (χ1n) is 9.26. The van der Waals surface area contributed by atoms with Crippen LogP contribution in [0.3, 0.4) is 0 Å². The van der Waals surface area contributed by atoms with Crippen LogP contribution in [0.25, 0.3) is 0 Å². The Morgan fingerprint density at radius 2 is 1.96 bits per heavy atom. The summed E-state index contributed by atoms with van der Waals surface area (Å²) in [6.45, 7) is 4.37. The second-order valence-electron chi connectivity index (χ2n) is 7.40. The van der Waals surface area contributed by atoms with Crippen molar-refractivity contribution in [1.82, 2.24) is 24.0 Å². The Morgan fingerprint density at radius 1 is 1.15 bits per heavy atom. The molecule has 146 valence electrons. The van der Waals surface area contributed by atoms with E-state index in [0.29, 0.717) is 25.1 Å². The molecule has 1 unspecified atom stereocenters. The minimum Gasteiger partial charge on any atom is -0.311 e. The third-order valence-corrected chi connectivity index (χ3v) is 7.36. The highest BCUT2D eigenvalue weighted by molar-refractivity contribution is 7.89. The highest BCUT2D eigenvalue weighted by Crippen LogP contribution is 2.35. The van der Waals surface area contributed by atoms with Gasteiger partial charge in [0, 0.05) is 19.6 Å². The Morgan fingerprint density at radius 3 is 2.74 bits per heavy atom. The van der Waals surface area contributed by atoms with E-state index >= 15 is 0 Å². The fourth-order valence-electron chi connectivity index (χ4n) is 3.91. The zero-order valence-electron chi connectivity index (χ0n) is 15.6. The van der Waals surface area contributed by atoms with E-state index < -0.39 is 15.8 Å². The van der Waals surface area contributed by atoms with Crippen LogP contribution in [-0.2, 0) is 23.1 Å². The number of rotatable bonds is 3. The Kier molecular flexibility index (Phi) is 4.77. The largest absolute Gasteiger partial charge is 0.311 e. The summed E-state index contributed by atoms with van der Waals surface area (Å²) in [6, 6.07) is 3.64. The van der Waals surface area contributed by atoms with E-state index in [1.165, 1.54) is 22.5 Å². The monoisotopic (exact) mass is 393 g/mol. The van der Waals surface area contributed by atoms with Gasteiger partial charge in [0.2, 0.25) is 10.0 Å². The highest BCUT2D eigenvalue weighted by Gasteiger charge is 2.38. The standard InChI is InChI=1S/C18H24FN5O2S/c1-13-11-14(6-7-15(13)19)27(25,26)24-8-4-3-5-16(24)18-21-20-17-12-22(2)9-10-23(17)18/h6-7,11,16H,3-5,8-10,12H2,1-2H3. The smallest absolute Gasteiger partial charge is 0.243 e. The topological polar surface area (TPSA) is 71.3 Å². The molecule has 0 N–H and O–H groups in total. The lowest BCUT2D eigenvalue weighted by molar-refractivity contribution is 0.224. The first-order chi connectivity index (χ1) is 12.9. The third kappa shape index (κ3) is 3.28. The fourth-order valence-corrected chi connectivity index (χ4v) is 5.65. The van der Waals surface area contributed by atoms with E-state index in [2.05, 4.69) is 19.7 Å². The molecule has 2 aromatic rings. The van der Waals surface area contributed by atoms with Crippen molar-refractivity contribution in [3.8, 4) is 0 Å². The van der Waals surface area contributed by atoms with E-state index in [1.54, 1.807) is 6.92 Å². The molecule has 0 amide bonds. The molecule has 0 saturated carbocycles. The number of sulfonamides is 1. The van der Waals surface area contributed by atoms with Crippen LogP contribution in [0.15, 0.2) is 23.1 Å². The molecule has 0 bridgehead atoms. The number of fused-ring (bicyclic) bond motifs is 1. The summed E-state index contributed by atoms with van der Waals surface area (Å²) < 4.78 is 43.8. The predicted octanol–water partition coefficient (Wildman–Crippen LogP) is 2.09. The molecule has 1 fully saturated rings. The van der Waals surface area contributed by atoms with Gasteiger partial charge in [-0.3, -0.25) is 4.90 Å². The number of aryl methyl sites for hydroxylation is 1. The number of hydrogen-bond donors (Lipinski definition) is 0. The van der Waals surface area contributed by atoms with Gasteiger partial charge in [-0.2, -0.15) is 4.31 Å². The molecule has 4 rings (SSSR count). The summed E-state index contributed by atoms with van der Waals surface area (Å²) in [5.41, 5.74) is 0.326. The van der Waals surface area contributed by atoms with Gasteiger partial charge in [-0.05, 0) is 50.6 Å². The summed E-state index contributed by atoms with van der Waals surface area (Å²) in [6.07, 6.45) is 2.47. The lowest BCUT2D eigenvalue weighted by Gasteiger charge is -2.35. The summed E-state index contributed by atoms with van der Waals surface area (Å²) in [4.78, 5) is 2.30. The van der Waals surface area contributed by atoms with E-state index in [4.69, 9.17) is 0 Å². The maximum atomic E-state index is 13.6. The van der Waals surface area contributed by atoms with Crippen LogP contribution in [0.1, 0.15) is 42.5 Å². The van der Waals surface area contributed by atoms with Gasteiger partial charge in [0.1, 0.15) is 11.6 Å². The van der Waals surface area contributed by atoms with Crippen molar-refractivity contribution in [3.05, 3.63) is 41.2 Å². The van der Waals surface area contributed by atoms with Crippen molar-refractivity contribution >= 4 is 10.0 Å². The molecule has 1 aromatic carbocycles. The van der Waals surface area contributed by atoms with Crippen molar-refractivity contribution in [3.63, 3.8) is 0 Å². The molecule has 9 heteroatoms. The summed E-state index contributed by atoms with van der Waals surface area (Å²) in [5.74, 6) is 1.19. The van der Waals surface area contributed by atoms with Gasteiger partial charge in [0.25, 0.3) is 0 Å². The molecule has 2 aliphatic heterocycles. The van der Waals surface area contributed by atoms with Gasteiger partial charge in [0.15, 0.2) is 5.82 Å². The summed E-state index contributed by atoms with van der Waals surface area (Å²) in [7, 11) is -1.70. The van der Waals surface area contributed by atoms with Crippen LogP contribution in [0.2, 0.25) is 0 Å². The lowest BCUT2D eigenvalue weighted by atomic mass is 10.0. The minimum absolute atomic E-state index is 0.131. The second-order valence-corrected chi connectivity index (χ2v) is 9.29. The van der Waals surface area contributed by atoms with Crippen LogP contribution in [0.5, 0.6) is 0 Å². The van der Waals surface area contributed by atoms with Gasteiger partial charge < -0.3 is 4.57 Å². The molecular weight excluding hydrogens is 369 g/mol. The Hall–Kier alpha value is -1.84. The van der Waals surface area contributed by atoms with Crippen LogP contribution in [-0.4, -0.2) is 52.5 Å². The molecule has 2 aliphatic rings. The number of halogens is 1. The molecule has 0 aliphatic carbocycles. The maximum Gasteiger partial charge on any atom is 0.243 e. The first kappa shape index (κ1) is 18.5. The second kappa shape index (κ2) is 6.96. The van der Waals surface area contributed by atoms with Gasteiger partial charge in [-0.25, -0.2) is 12.8 Å². The van der Waals surface area contributed by atoms with E-state index in [9.17, 15) is 12.8 Å². The van der Waals surface area contributed by atoms with Crippen LogP contribution < -0.4 is 0 Å². The number of likely N-dealkylation sites (N-methyl/N-ethyl adjacent to an activating group) is 1. The lowest BCUT2D eigenvalue weighted by Crippen LogP contribution is -2.40. The number of piperidine rings is 1. The Labute approximate surface area is 158 Å². The Bertz CT molecular complexity index is 959. The van der Waals surface area contributed by atoms with Gasteiger partial charge in [-0.1, -0.05) is 6.42 Å². The number of aromatic nitrogens is 3. The summed E-state index contributed by atoms with van der Waals surface area (Å²) >= 11 is 0. The molecule has 0 radical (unpaired) electrons. The number of nitrogens with zero attached hydrogens (tertiary/aromatic N) is 5. The quantitative estimate of drug-likeness (QED) is 0.799. The van der Waals surface area contributed by atoms with Gasteiger partial charge in [-0.15, -0.1) is 10.2 Å². The first-order valence-corrected chi connectivity index (χ1v) is 10.7. The SMILES string of the molecule is Cc1cc(S(=O)(=O)N2CCCCC2c2nnc3n2CCN(C)C3)ccc1F. The van der Waals surface area contributed by atoms with Gasteiger partial charge >= 0.3 is 0 Å². The average Bonchev–Trinajstić information content (AvgIpc) is 3.06. The van der Waals surface area contributed by atoms with Crippen LogP contribution in [0, 0.1) is 12.7 Å². The molecule has 27 heavy (non-hydrogen) atoms. The van der Waals surface area contributed by atoms with E-state index in [1.807, 2.05) is 7.05 Å². The number of benzene rings is 1. The average molecular weight is 393 g/mol. The molecule has 1 atom stereocenters. The summed E-state index contributed by atoms with van der Waals surface area (Å²) in [5, 5.41) is 8.66. The molecule has 1 saturated heterocycles. The van der Waals surface area contributed by atoms with Crippen LogP contribution >= 0.6 is 0 Å². The van der Waals surface area contributed by atoms with Crippen molar-refractivity contribution in [2.24, 2.45) is 0 Å². The van der Waals surface area contributed by atoms with E-state index in [-0.39, 0.29) is 10.9 Å². The van der Waals surface area contributed by atoms with E-state index in [0.717, 1.165) is 37.6 Å². The fraction of sp³-hybridized carbons (Fsp3) is 0.556. The Balaban J connectivity index is 1.72. The molecule has 1 aromatic heterocycles. The minimum atomic E-state index is -3.74. The zero-order valence-corrected chi connectivity index (χ0v) is 16.4. The number of hydrogen-bond acceptors (Lipinski definition) is 5. The van der Waals surface area contributed by atoms with Crippen molar-refractivity contribution in [2.75, 3.05) is 20.1 Å². The van der Waals surface area contributed by atoms with Gasteiger partial charge in [0.05, 0.1) is 17.5 Å². The third-order valence-electron chi connectivity index (χ3n) is 5.46. The van der Waals surface area contributed by atoms with Crippen molar-refractivity contribution in [1.29, 1.82) is 0 Å². The molecule has 3 heterocycles. The normalized spacial score (nSPS) is 22.0. The molecular formula is C18H24FN5O2S. The van der Waals surface area contributed by atoms with Crippen molar-refractivity contribution < 1.29 is 12.8 Å². The maximum absolute atomic E-state index is 13.6. The zero-order chi connectivity index (χ0) is 19.2. The van der Waals surface area contributed by atoms with Crippen LogP contribution in [0.4, 0.5) is 4.39 Å².